The standard InChI is InChI=1S/C24H27NO6/c1-24(2,3)23(28)25-18-10-6-16(7-11-18)20(26)15-31-22(27)13-9-17-8-12-19(29-4)14-21(17)30-5/h6-14H,15H2,1-5H3,(H,25,28)/b13-9+. The number of hydrogen-bond acceptors (Lipinski definition) is 6. The highest BCUT2D eigenvalue weighted by molar-refractivity contribution is 6.00. The predicted octanol–water partition coefficient (Wildman–Crippen LogP) is 4.13. The van der Waals surface area contributed by atoms with Crippen molar-refractivity contribution < 1.29 is 28.6 Å². The fourth-order valence-electron chi connectivity index (χ4n) is 2.44. The first-order chi connectivity index (χ1) is 14.6. The van der Waals surface area contributed by atoms with Crippen LogP contribution in [0, 0.1) is 5.41 Å². The molecule has 31 heavy (non-hydrogen) atoms. The summed E-state index contributed by atoms with van der Waals surface area (Å²) in [6.07, 6.45) is 2.76. The third-order valence-electron chi connectivity index (χ3n) is 4.33. The second-order valence-corrected chi connectivity index (χ2v) is 7.75. The lowest BCUT2D eigenvalue weighted by molar-refractivity contribution is -0.136. The Hall–Kier alpha value is -3.61. The highest BCUT2D eigenvalue weighted by Crippen LogP contribution is 2.25. The van der Waals surface area contributed by atoms with Gasteiger partial charge in [0.05, 0.1) is 14.2 Å². The van der Waals surface area contributed by atoms with Gasteiger partial charge >= 0.3 is 5.97 Å². The zero-order valence-corrected chi connectivity index (χ0v) is 18.4. The van der Waals surface area contributed by atoms with Gasteiger partial charge in [-0.3, -0.25) is 9.59 Å². The van der Waals surface area contributed by atoms with Gasteiger partial charge in [-0.1, -0.05) is 20.8 Å². The average Bonchev–Trinajstić information content (AvgIpc) is 2.75. The molecule has 7 nitrogen and oxygen atoms in total. The maximum atomic E-state index is 12.3. The Morgan fingerprint density at radius 2 is 1.65 bits per heavy atom. The van der Waals surface area contributed by atoms with Gasteiger partial charge < -0.3 is 19.5 Å². The summed E-state index contributed by atoms with van der Waals surface area (Å²) in [4.78, 5) is 36.2. The van der Waals surface area contributed by atoms with Gasteiger partial charge in [0.2, 0.25) is 5.91 Å². The van der Waals surface area contributed by atoms with E-state index in [2.05, 4.69) is 5.32 Å². The Morgan fingerprint density at radius 3 is 2.23 bits per heavy atom. The smallest absolute Gasteiger partial charge is 0.331 e. The van der Waals surface area contributed by atoms with Crippen LogP contribution in [0.4, 0.5) is 5.69 Å². The number of Topliss-reactive ketones (excluding diaryl/α,β-unsaturated/α-hetero) is 1. The van der Waals surface area contributed by atoms with Gasteiger partial charge in [-0.25, -0.2) is 4.79 Å². The van der Waals surface area contributed by atoms with Crippen LogP contribution in [-0.2, 0) is 14.3 Å². The molecule has 2 aromatic carbocycles. The largest absolute Gasteiger partial charge is 0.497 e. The third-order valence-corrected chi connectivity index (χ3v) is 4.33. The number of carbonyl (C=O) groups excluding carboxylic acids is 3. The summed E-state index contributed by atoms with van der Waals surface area (Å²) in [6.45, 7) is 5.05. The van der Waals surface area contributed by atoms with Gasteiger partial charge in [-0.15, -0.1) is 0 Å². The predicted molar refractivity (Wildman–Crippen MR) is 118 cm³/mol. The summed E-state index contributed by atoms with van der Waals surface area (Å²) in [7, 11) is 3.07. The maximum Gasteiger partial charge on any atom is 0.331 e. The third kappa shape index (κ3) is 6.99. The molecule has 0 saturated heterocycles. The van der Waals surface area contributed by atoms with Gasteiger partial charge in [-0.05, 0) is 42.5 Å². The first kappa shape index (κ1) is 23.7. The van der Waals surface area contributed by atoms with Crippen LogP contribution < -0.4 is 14.8 Å². The second-order valence-electron chi connectivity index (χ2n) is 7.75. The first-order valence-corrected chi connectivity index (χ1v) is 9.65. The Morgan fingerprint density at radius 1 is 0.968 bits per heavy atom. The zero-order valence-electron chi connectivity index (χ0n) is 18.4. The highest BCUT2D eigenvalue weighted by Gasteiger charge is 2.21. The molecule has 0 atom stereocenters. The quantitative estimate of drug-likeness (QED) is 0.389. The molecule has 0 aliphatic carbocycles. The molecule has 0 saturated carbocycles. The topological polar surface area (TPSA) is 90.9 Å². The fourth-order valence-corrected chi connectivity index (χ4v) is 2.44. The van der Waals surface area contributed by atoms with Crippen molar-refractivity contribution in [3.63, 3.8) is 0 Å². The lowest BCUT2D eigenvalue weighted by Crippen LogP contribution is -2.27. The van der Waals surface area contributed by atoms with Crippen molar-refractivity contribution in [2.24, 2.45) is 5.41 Å². The van der Waals surface area contributed by atoms with Crippen LogP contribution in [0.3, 0.4) is 0 Å². The van der Waals surface area contributed by atoms with Crippen LogP contribution in [-0.4, -0.2) is 38.5 Å². The normalized spacial score (nSPS) is 11.1. The summed E-state index contributed by atoms with van der Waals surface area (Å²) in [5, 5.41) is 2.78. The monoisotopic (exact) mass is 425 g/mol. The number of anilines is 1. The number of amides is 1. The van der Waals surface area contributed by atoms with Crippen LogP contribution in [0.1, 0.15) is 36.7 Å². The second kappa shape index (κ2) is 10.4. The van der Waals surface area contributed by atoms with Crippen molar-refractivity contribution >= 4 is 29.4 Å². The minimum absolute atomic E-state index is 0.124. The molecule has 0 spiro atoms. The molecule has 0 fully saturated rings. The Labute approximate surface area is 182 Å². The molecule has 7 heteroatoms. The van der Waals surface area contributed by atoms with E-state index in [1.54, 1.807) is 49.6 Å². The van der Waals surface area contributed by atoms with Crippen LogP contribution in [0.25, 0.3) is 6.08 Å². The molecule has 0 aliphatic rings. The van der Waals surface area contributed by atoms with E-state index >= 15 is 0 Å². The van der Waals surface area contributed by atoms with E-state index in [1.807, 2.05) is 20.8 Å². The molecule has 0 heterocycles. The minimum Gasteiger partial charge on any atom is -0.497 e. The highest BCUT2D eigenvalue weighted by atomic mass is 16.5. The molecular weight excluding hydrogens is 398 g/mol. The number of ether oxygens (including phenoxy) is 3. The van der Waals surface area contributed by atoms with Gasteiger partial charge in [0.1, 0.15) is 11.5 Å². The maximum absolute atomic E-state index is 12.3. The van der Waals surface area contributed by atoms with Crippen LogP contribution in [0.15, 0.2) is 48.5 Å². The Kier molecular flexibility index (Phi) is 7.96. The SMILES string of the molecule is COc1ccc(/C=C/C(=O)OCC(=O)c2ccc(NC(=O)C(C)(C)C)cc2)c(OC)c1. The molecule has 0 aromatic heterocycles. The minimum atomic E-state index is -0.653. The first-order valence-electron chi connectivity index (χ1n) is 9.65. The van der Waals surface area contributed by atoms with Crippen molar-refractivity contribution in [2.45, 2.75) is 20.8 Å². The average molecular weight is 425 g/mol. The molecule has 0 unspecified atom stereocenters. The number of nitrogens with one attached hydrogen (secondary N) is 1. The van der Waals surface area contributed by atoms with E-state index in [4.69, 9.17) is 14.2 Å². The lowest BCUT2D eigenvalue weighted by atomic mass is 9.95. The summed E-state index contributed by atoms with van der Waals surface area (Å²) in [5.41, 5.74) is 1.11. The van der Waals surface area contributed by atoms with Crippen molar-refractivity contribution in [2.75, 3.05) is 26.1 Å². The van der Waals surface area contributed by atoms with Crippen LogP contribution >= 0.6 is 0 Å². The van der Waals surface area contributed by atoms with Crippen molar-refractivity contribution in [3.8, 4) is 11.5 Å². The van der Waals surface area contributed by atoms with E-state index in [-0.39, 0.29) is 11.7 Å². The zero-order chi connectivity index (χ0) is 23.0. The van der Waals surface area contributed by atoms with Crippen molar-refractivity contribution in [1.82, 2.24) is 0 Å². The summed E-state index contributed by atoms with van der Waals surface area (Å²) >= 11 is 0. The molecule has 0 bridgehead atoms. The van der Waals surface area contributed by atoms with Gasteiger partial charge in [0, 0.05) is 34.4 Å². The lowest BCUT2D eigenvalue weighted by Gasteiger charge is -2.17. The number of methoxy groups -OCH3 is 2. The number of ketones is 1. The van der Waals surface area contributed by atoms with Crippen LogP contribution in [0.2, 0.25) is 0 Å². The number of carbonyl (C=O) groups is 3. The van der Waals surface area contributed by atoms with E-state index in [9.17, 15) is 14.4 Å². The molecule has 1 N–H and O–H groups in total. The van der Waals surface area contributed by atoms with E-state index < -0.39 is 18.0 Å². The molecule has 2 aromatic rings. The molecular formula is C24H27NO6. The number of esters is 1. The number of benzene rings is 2. The summed E-state index contributed by atoms with van der Waals surface area (Å²) < 4.78 is 15.4. The summed E-state index contributed by atoms with van der Waals surface area (Å²) in [5.74, 6) is 0.0443. The van der Waals surface area contributed by atoms with E-state index in [0.717, 1.165) is 0 Å². The molecule has 164 valence electrons. The van der Waals surface area contributed by atoms with Crippen LogP contribution in [0.5, 0.6) is 11.5 Å². The molecule has 1 amide bonds. The number of hydrogen-bond donors (Lipinski definition) is 1. The Bertz CT molecular complexity index is 971. The summed E-state index contributed by atoms with van der Waals surface area (Å²) in [6, 6.07) is 11.6. The molecule has 0 radical (unpaired) electrons. The van der Waals surface area contributed by atoms with Crippen molar-refractivity contribution in [1.29, 1.82) is 0 Å². The Balaban J connectivity index is 1.91. The van der Waals surface area contributed by atoms with E-state index in [0.29, 0.717) is 28.3 Å². The van der Waals surface area contributed by atoms with Gasteiger partial charge in [0.15, 0.2) is 12.4 Å². The molecule has 2 rings (SSSR count). The fraction of sp³-hybridized carbons (Fsp3) is 0.292. The molecule has 0 aliphatic heterocycles. The van der Waals surface area contributed by atoms with Gasteiger partial charge in [0.25, 0.3) is 0 Å². The van der Waals surface area contributed by atoms with Crippen molar-refractivity contribution in [3.05, 3.63) is 59.7 Å². The van der Waals surface area contributed by atoms with E-state index in [1.165, 1.54) is 19.3 Å². The number of rotatable bonds is 8. The van der Waals surface area contributed by atoms with Gasteiger partial charge in [-0.2, -0.15) is 0 Å².